The van der Waals surface area contributed by atoms with Gasteiger partial charge in [0.2, 0.25) is 0 Å². The van der Waals surface area contributed by atoms with E-state index >= 15 is 0 Å². The molecule has 0 heterocycles. The number of allylic oxidation sites excluding steroid dienone is 4. The molecule has 2 aliphatic carbocycles. The van der Waals surface area contributed by atoms with Crippen LogP contribution in [0.25, 0.3) is 0 Å². The molecule has 0 aromatic heterocycles. The lowest BCUT2D eigenvalue weighted by molar-refractivity contribution is 0.720. The highest BCUT2D eigenvalue weighted by molar-refractivity contribution is 9.11. The Bertz CT molecular complexity index is 338. The highest BCUT2D eigenvalue weighted by atomic mass is 79.9. The molecule has 0 aromatic rings. The molecule has 0 saturated carbocycles. The second-order valence-electron chi connectivity index (χ2n) is 4.00. The van der Waals surface area contributed by atoms with Gasteiger partial charge in [-0.2, -0.15) is 0 Å². The molecule has 2 bridgehead atoms. The van der Waals surface area contributed by atoms with Crippen LogP contribution in [0.15, 0.2) is 22.2 Å². The minimum Gasteiger partial charge on any atom is -0.0982 e. The smallest absolute Gasteiger partial charge is 0.0196 e. The van der Waals surface area contributed by atoms with E-state index in [1.165, 1.54) is 29.3 Å². The van der Waals surface area contributed by atoms with Crippen molar-refractivity contribution in [3.8, 4) is 11.8 Å². The Kier molecular flexibility index (Phi) is 3.13. The monoisotopic (exact) mass is 250 g/mol. The second-order valence-corrected chi connectivity index (χ2v) is 4.85. The van der Waals surface area contributed by atoms with Crippen LogP contribution >= 0.6 is 15.9 Å². The summed E-state index contributed by atoms with van der Waals surface area (Å²) in [6.45, 7) is 2.21. The molecule has 14 heavy (non-hydrogen) atoms. The molecule has 2 aliphatic rings. The van der Waals surface area contributed by atoms with Gasteiger partial charge in [-0.1, -0.05) is 53.3 Å². The first-order valence-corrected chi connectivity index (χ1v) is 6.19. The highest BCUT2D eigenvalue weighted by Crippen LogP contribution is 2.45. The van der Waals surface area contributed by atoms with E-state index in [0.717, 1.165) is 6.42 Å². The van der Waals surface area contributed by atoms with Crippen LogP contribution in [0.2, 0.25) is 0 Å². The summed E-state index contributed by atoms with van der Waals surface area (Å²) in [5, 5.41) is 0. The van der Waals surface area contributed by atoms with Gasteiger partial charge in [0.15, 0.2) is 0 Å². The van der Waals surface area contributed by atoms with E-state index in [1.807, 2.05) is 0 Å². The SMILES string of the molecule is CCCCC#CC1=C(Br)C2C=CC1C2. The largest absolute Gasteiger partial charge is 0.0982 e. The van der Waals surface area contributed by atoms with Crippen LogP contribution in [0.3, 0.4) is 0 Å². The van der Waals surface area contributed by atoms with Crippen molar-refractivity contribution in [2.24, 2.45) is 11.8 Å². The molecule has 0 radical (unpaired) electrons. The summed E-state index contributed by atoms with van der Waals surface area (Å²) in [7, 11) is 0. The molecule has 2 unspecified atom stereocenters. The van der Waals surface area contributed by atoms with Gasteiger partial charge in [0, 0.05) is 28.3 Å². The fourth-order valence-electron chi connectivity index (χ4n) is 2.05. The van der Waals surface area contributed by atoms with Gasteiger partial charge in [-0.15, -0.1) is 0 Å². The first kappa shape index (κ1) is 10.1. The van der Waals surface area contributed by atoms with Gasteiger partial charge in [-0.05, 0) is 12.8 Å². The second kappa shape index (κ2) is 4.36. The molecule has 0 spiro atoms. The van der Waals surface area contributed by atoms with Crippen molar-refractivity contribution in [1.29, 1.82) is 0 Å². The van der Waals surface area contributed by atoms with E-state index in [0.29, 0.717) is 11.8 Å². The molecule has 74 valence electrons. The Morgan fingerprint density at radius 3 is 2.86 bits per heavy atom. The molecule has 0 amide bonds. The quantitative estimate of drug-likeness (QED) is 0.395. The fourth-order valence-corrected chi connectivity index (χ4v) is 2.79. The topological polar surface area (TPSA) is 0 Å². The minimum atomic E-state index is 0.614. The molecule has 2 atom stereocenters. The van der Waals surface area contributed by atoms with Gasteiger partial charge in [0.05, 0.1) is 0 Å². The Morgan fingerprint density at radius 2 is 2.21 bits per heavy atom. The Hall–Kier alpha value is -0.480. The zero-order chi connectivity index (χ0) is 9.97. The summed E-state index contributed by atoms with van der Waals surface area (Å²) in [6.07, 6.45) is 9.35. The van der Waals surface area contributed by atoms with Crippen molar-refractivity contribution < 1.29 is 0 Å². The molecule has 0 nitrogen and oxygen atoms in total. The first-order valence-electron chi connectivity index (χ1n) is 5.39. The first-order chi connectivity index (χ1) is 6.83. The molecule has 1 heteroatoms. The van der Waals surface area contributed by atoms with Crippen LogP contribution < -0.4 is 0 Å². The fraction of sp³-hybridized carbons (Fsp3) is 0.538. The Morgan fingerprint density at radius 1 is 1.43 bits per heavy atom. The van der Waals surface area contributed by atoms with Crippen LogP contribution in [0.4, 0.5) is 0 Å². The summed E-state index contributed by atoms with van der Waals surface area (Å²) >= 11 is 3.66. The summed E-state index contributed by atoms with van der Waals surface area (Å²) in [5.41, 5.74) is 1.34. The number of fused-ring (bicyclic) bond motifs is 2. The lowest BCUT2D eigenvalue weighted by Crippen LogP contribution is -1.91. The highest BCUT2D eigenvalue weighted by Gasteiger charge is 2.32. The molecule has 0 N–H and O–H groups in total. The van der Waals surface area contributed by atoms with Gasteiger partial charge < -0.3 is 0 Å². The molecule has 0 aliphatic heterocycles. The lowest BCUT2D eigenvalue weighted by atomic mass is 10.0. The van der Waals surface area contributed by atoms with Gasteiger partial charge in [0.1, 0.15) is 0 Å². The number of rotatable bonds is 2. The van der Waals surface area contributed by atoms with Crippen LogP contribution in [0.1, 0.15) is 32.6 Å². The molecular formula is C13H15Br. The van der Waals surface area contributed by atoms with E-state index in [9.17, 15) is 0 Å². The van der Waals surface area contributed by atoms with E-state index < -0.39 is 0 Å². The van der Waals surface area contributed by atoms with Crippen molar-refractivity contribution >= 4 is 15.9 Å². The van der Waals surface area contributed by atoms with E-state index in [-0.39, 0.29) is 0 Å². The molecule has 2 rings (SSSR count). The predicted molar refractivity (Wildman–Crippen MR) is 64.0 cm³/mol. The Balaban J connectivity index is 2.01. The van der Waals surface area contributed by atoms with Crippen molar-refractivity contribution in [3.05, 3.63) is 22.2 Å². The van der Waals surface area contributed by atoms with Gasteiger partial charge in [-0.25, -0.2) is 0 Å². The van der Waals surface area contributed by atoms with Crippen molar-refractivity contribution in [2.75, 3.05) is 0 Å². The summed E-state index contributed by atoms with van der Waals surface area (Å²) in [4.78, 5) is 0. The Labute approximate surface area is 94.6 Å². The maximum atomic E-state index is 3.66. The van der Waals surface area contributed by atoms with Crippen molar-refractivity contribution in [1.82, 2.24) is 0 Å². The van der Waals surface area contributed by atoms with Crippen LogP contribution in [-0.2, 0) is 0 Å². The third-order valence-electron chi connectivity index (χ3n) is 2.92. The maximum Gasteiger partial charge on any atom is 0.0196 e. The van der Waals surface area contributed by atoms with E-state index in [1.54, 1.807) is 0 Å². The standard InChI is InChI=1S/C13H15Br/c1-2-3-4-5-6-12-10-7-8-11(9-10)13(12)14/h7-8,10-11H,2-4,9H2,1H3. The zero-order valence-corrected chi connectivity index (χ0v) is 10.1. The summed E-state index contributed by atoms with van der Waals surface area (Å²) < 4.78 is 1.34. The average Bonchev–Trinajstić information content (AvgIpc) is 2.75. The van der Waals surface area contributed by atoms with Crippen molar-refractivity contribution in [2.45, 2.75) is 32.6 Å². The van der Waals surface area contributed by atoms with E-state index in [2.05, 4.69) is 46.8 Å². The van der Waals surface area contributed by atoms with Crippen LogP contribution in [0.5, 0.6) is 0 Å². The van der Waals surface area contributed by atoms with Gasteiger partial charge in [-0.3, -0.25) is 0 Å². The normalized spacial score (nSPS) is 28.1. The van der Waals surface area contributed by atoms with Crippen molar-refractivity contribution in [3.63, 3.8) is 0 Å². The number of halogens is 1. The minimum absolute atomic E-state index is 0.614. The lowest BCUT2D eigenvalue weighted by Gasteiger charge is -2.04. The molecule has 0 fully saturated rings. The summed E-state index contributed by atoms with van der Waals surface area (Å²) in [6, 6.07) is 0. The number of hydrogen-bond donors (Lipinski definition) is 0. The zero-order valence-electron chi connectivity index (χ0n) is 8.52. The molecule has 0 saturated heterocycles. The third-order valence-corrected chi connectivity index (χ3v) is 3.93. The van der Waals surface area contributed by atoms with Gasteiger partial charge in [0.25, 0.3) is 0 Å². The summed E-state index contributed by atoms with van der Waals surface area (Å²) in [5.74, 6) is 7.85. The van der Waals surface area contributed by atoms with Crippen LogP contribution in [0, 0.1) is 23.7 Å². The van der Waals surface area contributed by atoms with E-state index in [4.69, 9.17) is 0 Å². The maximum absolute atomic E-state index is 3.66. The number of hydrogen-bond acceptors (Lipinski definition) is 0. The molecule has 0 aromatic carbocycles. The van der Waals surface area contributed by atoms with Crippen LogP contribution in [-0.4, -0.2) is 0 Å². The number of unbranched alkanes of at least 4 members (excludes halogenated alkanes) is 2. The molecular weight excluding hydrogens is 236 g/mol. The average molecular weight is 251 g/mol. The third kappa shape index (κ3) is 1.81. The van der Waals surface area contributed by atoms with Gasteiger partial charge >= 0.3 is 0 Å². The predicted octanol–water partition coefficient (Wildman–Crippen LogP) is 4.03.